The summed E-state index contributed by atoms with van der Waals surface area (Å²) in [6, 6.07) is 12.1. The molecule has 3 heterocycles. The van der Waals surface area contributed by atoms with Crippen molar-refractivity contribution in [3.63, 3.8) is 0 Å². The molecular formula is C21H23N5O3. The molecular weight excluding hydrogens is 370 g/mol. The van der Waals surface area contributed by atoms with Crippen LogP contribution in [0.25, 0.3) is 11.0 Å². The monoisotopic (exact) mass is 393 g/mol. The number of carbonyl (C=O) groups is 1. The van der Waals surface area contributed by atoms with Gasteiger partial charge in [-0.1, -0.05) is 30.3 Å². The van der Waals surface area contributed by atoms with E-state index in [9.17, 15) is 9.90 Å². The van der Waals surface area contributed by atoms with Gasteiger partial charge < -0.3 is 20.4 Å². The van der Waals surface area contributed by atoms with Crippen LogP contribution in [-0.2, 0) is 4.79 Å². The minimum Gasteiger partial charge on any atom is -0.391 e. The summed E-state index contributed by atoms with van der Waals surface area (Å²) in [5, 5.41) is 30.9. The van der Waals surface area contributed by atoms with Crippen LogP contribution in [0.1, 0.15) is 11.5 Å². The van der Waals surface area contributed by atoms with Crippen molar-refractivity contribution in [2.75, 3.05) is 31.1 Å². The maximum Gasteiger partial charge on any atom is 0.245 e. The highest BCUT2D eigenvalue weighted by Crippen LogP contribution is 2.69. The Hall–Kier alpha value is -2.97. The predicted molar refractivity (Wildman–Crippen MR) is 107 cm³/mol. The fourth-order valence-electron chi connectivity index (χ4n) is 5.18. The normalized spacial score (nSPS) is 28.2. The quantitative estimate of drug-likeness (QED) is 0.506. The number of amides is 1. The first-order valence-electron chi connectivity index (χ1n) is 9.78. The van der Waals surface area contributed by atoms with Crippen molar-refractivity contribution in [1.82, 2.24) is 20.5 Å². The van der Waals surface area contributed by atoms with Gasteiger partial charge in [0.2, 0.25) is 5.91 Å². The van der Waals surface area contributed by atoms with Crippen LogP contribution < -0.4 is 10.2 Å². The molecule has 150 valence electrons. The molecule has 29 heavy (non-hydrogen) atoms. The number of anilines is 1. The molecule has 1 aliphatic carbocycles. The van der Waals surface area contributed by atoms with Crippen LogP contribution in [0, 0.1) is 11.3 Å². The Kier molecular flexibility index (Phi) is 4.25. The van der Waals surface area contributed by atoms with Crippen molar-refractivity contribution < 1.29 is 15.0 Å². The van der Waals surface area contributed by atoms with Gasteiger partial charge >= 0.3 is 0 Å². The Morgan fingerprint density at radius 2 is 2.14 bits per heavy atom. The highest BCUT2D eigenvalue weighted by atomic mass is 16.3. The highest BCUT2D eigenvalue weighted by Gasteiger charge is 2.71. The minimum atomic E-state index is -0.529. The van der Waals surface area contributed by atoms with Crippen LogP contribution in [0.2, 0.25) is 0 Å². The molecule has 4 N–H and O–H groups in total. The maximum absolute atomic E-state index is 11.6. The summed E-state index contributed by atoms with van der Waals surface area (Å²) in [6.45, 7) is 1.09. The molecule has 1 saturated carbocycles. The zero-order chi connectivity index (χ0) is 20.0. The average molecular weight is 393 g/mol. The van der Waals surface area contributed by atoms with Crippen LogP contribution in [0.3, 0.4) is 0 Å². The summed E-state index contributed by atoms with van der Waals surface area (Å²) < 4.78 is 0. The number of aliphatic hydroxyl groups is 2. The SMILES string of the molecule is O=C(CO)NC[C@@H]1[C@@H](c2ccccc2)[C@]12CN(c1ccnc3[nH]ncc13)C[C@@H]2O. The standard InChI is InChI=1S/C21H23N5O3/c27-11-18(29)23-9-15-19(13-4-2-1-3-5-13)21(15)12-26(10-17(21)28)16-6-7-22-20-14(16)8-24-25-20/h1-8,15,17,19,27-28H,9-12H2,(H,23,29)(H,22,24,25)/t15-,17+,19-,21-/m1/s1. The smallest absolute Gasteiger partial charge is 0.245 e. The summed E-state index contributed by atoms with van der Waals surface area (Å²) in [7, 11) is 0. The molecule has 1 amide bonds. The lowest BCUT2D eigenvalue weighted by molar-refractivity contribution is -0.123. The van der Waals surface area contributed by atoms with Gasteiger partial charge in [-0.05, 0) is 23.5 Å². The van der Waals surface area contributed by atoms with E-state index in [-0.39, 0.29) is 17.3 Å². The predicted octanol–water partition coefficient (Wildman–Crippen LogP) is 0.647. The average Bonchev–Trinajstić information content (AvgIpc) is 3.02. The molecule has 5 rings (SSSR count). The molecule has 1 aliphatic heterocycles. The molecule has 2 fully saturated rings. The second-order valence-electron chi connectivity index (χ2n) is 7.93. The minimum absolute atomic E-state index is 0.0991. The molecule has 1 saturated heterocycles. The molecule has 2 aliphatic rings. The van der Waals surface area contributed by atoms with E-state index in [4.69, 9.17) is 5.11 Å². The summed E-state index contributed by atoms with van der Waals surface area (Å²) >= 11 is 0. The Morgan fingerprint density at radius 3 is 2.93 bits per heavy atom. The van der Waals surface area contributed by atoms with E-state index in [1.165, 1.54) is 5.56 Å². The number of β-amino-alcohol motifs (C(OH)–C–C–N with tert-alkyl or cyclic N) is 1. The van der Waals surface area contributed by atoms with Crippen molar-refractivity contribution in [3.05, 3.63) is 54.4 Å². The lowest BCUT2D eigenvalue weighted by Crippen LogP contribution is -2.31. The topological polar surface area (TPSA) is 114 Å². The number of hydrogen-bond acceptors (Lipinski definition) is 6. The van der Waals surface area contributed by atoms with Crippen LogP contribution in [0.15, 0.2) is 48.8 Å². The number of aromatic nitrogens is 3. The molecule has 1 aromatic carbocycles. The van der Waals surface area contributed by atoms with E-state index < -0.39 is 18.6 Å². The molecule has 8 nitrogen and oxygen atoms in total. The van der Waals surface area contributed by atoms with Crippen molar-refractivity contribution in [3.8, 4) is 0 Å². The number of benzene rings is 1. The number of pyridine rings is 1. The lowest BCUT2D eigenvalue weighted by atomic mass is 9.95. The first-order valence-corrected chi connectivity index (χ1v) is 9.78. The number of fused-ring (bicyclic) bond motifs is 1. The van der Waals surface area contributed by atoms with Gasteiger partial charge in [-0.3, -0.25) is 9.89 Å². The van der Waals surface area contributed by atoms with Crippen molar-refractivity contribution >= 4 is 22.6 Å². The van der Waals surface area contributed by atoms with Gasteiger partial charge in [-0.2, -0.15) is 5.10 Å². The summed E-state index contributed by atoms with van der Waals surface area (Å²) in [6.07, 6.45) is 2.97. The molecule has 1 spiro atoms. The lowest BCUT2D eigenvalue weighted by Gasteiger charge is -2.19. The Morgan fingerprint density at radius 1 is 1.31 bits per heavy atom. The summed E-state index contributed by atoms with van der Waals surface area (Å²) in [5.74, 6) is -0.149. The third-order valence-corrected chi connectivity index (χ3v) is 6.53. The molecule has 4 atom stereocenters. The Balaban J connectivity index is 1.47. The number of aliphatic hydroxyl groups excluding tert-OH is 2. The highest BCUT2D eigenvalue weighted by molar-refractivity contribution is 5.89. The number of rotatable bonds is 5. The zero-order valence-electron chi connectivity index (χ0n) is 15.8. The molecule has 0 radical (unpaired) electrons. The van der Waals surface area contributed by atoms with Crippen molar-refractivity contribution in [1.29, 1.82) is 0 Å². The van der Waals surface area contributed by atoms with Gasteiger partial charge in [0, 0.05) is 31.2 Å². The summed E-state index contributed by atoms with van der Waals surface area (Å²) in [5.41, 5.74) is 2.54. The second-order valence-corrected chi connectivity index (χ2v) is 7.93. The van der Waals surface area contributed by atoms with Gasteiger partial charge in [0.15, 0.2) is 5.65 Å². The van der Waals surface area contributed by atoms with Crippen LogP contribution in [0.4, 0.5) is 5.69 Å². The third-order valence-electron chi connectivity index (χ3n) is 6.53. The Bertz CT molecular complexity index is 1040. The zero-order valence-corrected chi connectivity index (χ0v) is 15.8. The van der Waals surface area contributed by atoms with E-state index in [0.29, 0.717) is 19.6 Å². The number of carbonyl (C=O) groups excluding carboxylic acids is 1. The molecule has 2 aromatic heterocycles. The van der Waals surface area contributed by atoms with E-state index in [1.54, 1.807) is 12.4 Å². The van der Waals surface area contributed by atoms with Gasteiger partial charge in [0.25, 0.3) is 0 Å². The molecule has 0 bridgehead atoms. The van der Waals surface area contributed by atoms with E-state index in [0.717, 1.165) is 16.7 Å². The van der Waals surface area contributed by atoms with Gasteiger partial charge in [0.05, 0.1) is 23.4 Å². The van der Waals surface area contributed by atoms with Crippen LogP contribution >= 0.6 is 0 Å². The van der Waals surface area contributed by atoms with Crippen molar-refractivity contribution in [2.45, 2.75) is 12.0 Å². The maximum atomic E-state index is 11.6. The fraction of sp³-hybridized carbons (Fsp3) is 0.381. The number of hydrogen-bond donors (Lipinski definition) is 4. The Labute approximate surface area is 167 Å². The first-order chi connectivity index (χ1) is 14.1. The second kappa shape index (κ2) is 6.82. The summed E-state index contributed by atoms with van der Waals surface area (Å²) in [4.78, 5) is 18.1. The number of nitrogens with one attached hydrogen (secondary N) is 2. The van der Waals surface area contributed by atoms with E-state index >= 15 is 0 Å². The molecule has 0 unspecified atom stereocenters. The van der Waals surface area contributed by atoms with E-state index in [2.05, 4.69) is 37.5 Å². The molecule has 8 heteroatoms. The fourth-order valence-corrected chi connectivity index (χ4v) is 5.18. The number of nitrogens with zero attached hydrogens (tertiary/aromatic N) is 3. The molecule has 3 aromatic rings. The van der Waals surface area contributed by atoms with Crippen molar-refractivity contribution in [2.24, 2.45) is 11.3 Å². The largest absolute Gasteiger partial charge is 0.391 e. The van der Waals surface area contributed by atoms with Gasteiger partial charge in [-0.25, -0.2) is 4.98 Å². The van der Waals surface area contributed by atoms with Crippen LogP contribution in [-0.4, -0.2) is 63.6 Å². The first kappa shape index (κ1) is 18.1. The number of H-pyrrole nitrogens is 1. The third kappa shape index (κ3) is 2.79. The van der Waals surface area contributed by atoms with Gasteiger partial charge in [0.1, 0.15) is 6.61 Å². The van der Waals surface area contributed by atoms with E-state index in [1.807, 2.05) is 24.3 Å². The van der Waals surface area contributed by atoms with Gasteiger partial charge in [-0.15, -0.1) is 0 Å². The number of aromatic amines is 1. The van der Waals surface area contributed by atoms with Crippen LogP contribution in [0.5, 0.6) is 0 Å².